The van der Waals surface area contributed by atoms with E-state index in [2.05, 4.69) is 110 Å². The van der Waals surface area contributed by atoms with E-state index in [1.54, 1.807) is 6.07 Å². The fourth-order valence-corrected chi connectivity index (χ4v) is 10.6. The molecular formula is C55H64FN7O4S. The van der Waals surface area contributed by atoms with E-state index in [1.807, 2.05) is 31.3 Å². The zero-order chi connectivity index (χ0) is 47.0. The molecule has 0 bridgehead atoms. The number of hydrogen-bond donors (Lipinski definition) is 2. The van der Waals surface area contributed by atoms with E-state index >= 15 is 4.39 Å². The van der Waals surface area contributed by atoms with Crippen LogP contribution in [0.2, 0.25) is 0 Å². The van der Waals surface area contributed by atoms with Crippen molar-refractivity contribution in [3.63, 3.8) is 0 Å². The number of morpholine rings is 1. The van der Waals surface area contributed by atoms with E-state index in [0.717, 1.165) is 136 Å². The van der Waals surface area contributed by atoms with Crippen molar-refractivity contribution in [3.05, 3.63) is 124 Å². The van der Waals surface area contributed by atoms with E-state index in [4.69, 9.17) is 19.0 Å². The van der Waals surface area contributed by atoms with Crippen LogP contribution in [0.4, 0.5) is 4.39 Å². The Bertz CT molecular complexity index is 2980. The summed E-state index contributed by atoms with van der Waals surface area (Å²) in [7, 11) is 0. The van der Waals surface area contributed by atoms with E-state index in [1.165, 1.54) is 49.4 Å². The van der Waals surface area contributed by atoms with Crippen LogP contribution in [0.15, 0.2) is 88.8 Å². The molecular weight excluding hydrogens is 874 g/mol. The minimum absolute atomic E-state index is 0.0744. The van der Waals surface area contributed by atoms with Crippen LogP contribution >= 0.6 is 11.3 Å². The monoisotopic (exact) mass is 937 g/mol. The second-order valence-corrected chi connectivity index (χ2v) is 19.1. The van der Waals surface area contributed by atoms with Gasteiger partial charge in [-0.25, -0.2) is 9.37 Å². The average Bonchev–Trinajstić information content (AvgIpc) is 4.12. The predicted octanol–water partition coefficient (Wildman–Crippen LogP) is 11.0. The van der Waals surface area contributed by atoms with Crippen molar-refractivity contribution >= 4 is 50.1 Å². The highest BCUT2D eigenvalue weighted by Crippen LogP contribution is 2.35. The smallest absolute Gasteiger partial charge is 0.257 e. The van der Waals surface area contributed by atoms with Crippen LogP contribution in [0.5, 0.6) is 5.75 Å². The Morgan fingerprint density at radius 3 is 2.37 bits per heavy atom. The topological polar surface area (TPSA) is 112 Å². The summed E-state index contributed by atoms with van der Waals surface area (Å²) < 4.78 is 36.7. The summed E-state index contributed by atoms with van der Waals surface area (Å²) in [6.45, 7) is 16.4. The lowest BCUT2D eigenvalue weighted by Crippen LogP contribution is -2.38. The van der Waals surface area contributed by atoms with Crippen molar-refractivity contribution in [3.8, 4) is 27.3 Å². The fraction of sp³-hybridized carbons (Fsp3) is 0.400. The molecule has 2 N–H and O–H groups in total. The Morgan fingerprint density at radius 1 is 0.794 bits per heavy atom. The van der Waals surface area contributed by atoms with Crippen LogP contribution in [-0.2, 0) is 42.0 Å². The zero-order valence-electron chi connectivity index (χ0n) is 40.0. The Balaban J connectivity index is 0.681. The van der Waals surface area contributed by atoms with Gasteiger partial charge in [-0.15, -0.1) is 11.3 Å². The van der Waals surface area contributed by atoms with Crippen molar-refractivity contribution in [2.75, 3.05) is 52.5 Å². The number of carbonyl (C=O) groups is 1. The molecule has 356 valence electrons. The highest BCUT2D eigenvalue weighted by atomic mass is 32.1. The molecule has 1 saturated heterocycles. The maximum atomic E-state index is 15.3. The summed E-state index contributed by atoms with van der Waals surface area (Å²) in [6.07, 6.45) is 6.52. The molecule has 8 aromatic rings. The Morgan fingerprint density at radius 2 is 1.59 bits per heavy atom. The molecule has 13 heteroatoms. The van der Waals surface area contributed by atoms with Crippen LogP contribution in [0, 0.1) is 26.6 Å². The molecule has 1 amide bonds. The van der Waals surface area contributed by atoms with Gasteiger partial charge >= 0.3 is 0 Å². The summed E-state index contributed by atoms with van der Waals surface area (Å²) in [5, 5.41) is 15.6. The van der Waals surface area contributed by atoms with Crippen molar-refractivity contribution in [1.29, 1.82) is 0 Å². The standard InChI is InChI=1S/C55H64FN7O4S/c1-5-62-48-17-11-41(30-45(48)44-16-14-42(33-50(44)62)52-29-37(2)36-68-52)34-57-21-9-7-6-8-10-22-58-54(64)35-66-51-19-12-40(31-46(51)56)13-20-53-59-47-32-43(55-38(3)60-67-39(55)4)15-18-49(47)63(53)24-23-61-25-27-65-28-26-61/h11-12,14-19,29-33,36,57H,5-10,13,20-28,34-35H2,1-4H3,(H,58,64). The zero-order valence-corrected chi connectivity index (χ0v) is 40.8. The van der Waals surface area contributed by atoms with Crippen LogP contribution in [0.3, 0.4) is 0 Å². The number of rotatable bonds is 22. The number of imidazole rings is 1. The molecule has 1 aliphatic rings. The highest BCUT2D eigenvalue weighted by molar-refractivity contribution is 7.13. The second-order valence-electron chi connectivity index (χ2n) is 18.2. The minimum Gasteiger partial charge on any atom is -0.481 e. The molecule has 4 aromatic carbocycles. The molecule has 0 spiro atoms. The van der Waals surface area contributed by atoms with Crippen molar-refractivity contribution in [2.45, 2.75) is 92.3 Å². The number of carbonyl (C=O) groups excluding carboxylic acids is 1. The Kier molecular flexibility index (Phi) is 15.3. The summed E-state index contributed by atoms with van der Waals surface area (Å²) in [5.74, 6) is 1.08. The number of halogens is 1. The maximum Gasteiger partial charge on any atom is 0.257 e. The van der Waals surface area contributed by atoms with Gasteiger partial charge in [-0.1, -0.05) is 54.8 Å². The molecule has 4 aromatic heterocycles. The number of unbranched alkanes of at least 4 members (excludes halogenated alkanes) is 4. The first-order chi connectivity index (χ1) is 33.2. The number of fused-ring (bicyclic) bond motifs is 4. The van der Waals surface area contributed by atoms with Gasteiger partial charge in [0.05, 0.1) is 29.9 Å². The number of nitrogens with zero attached hydrogens (tertiary/aromatic N) is 5. The van der Waals surface area contributed by atoms with Crippen LogP contribution < -0.4 is 15.4 Å². The molecule has 0 atom stereocenters. The van der Waals surface area contributed by atoms with Gasteiger partial charge in [0.1, 0.15) is 11.6 Å². The van der Waals surface area contributed by atoms with Gasteiger partial charge in [0.2, 0.25) is 0 Å². The van der Waals surface area contributed by atoms with Gasteiger partial charge in [-0.2, -0.15) is 0 Å². The van der Waals surface area contributed by atoms with Gasteiger partial charge in [-0.05, 0) is 135 Å². The van der Waals surface area contributed by atoms with E-state index < -0.39 is 5.82 Å². The molecule has 0 saturated carbocycles. The van der Waals surface area contributed by atoms with Crippen molar-refractivity contribution < 1.29 is 23.2 Å². The Hall–Kier alpha value is -5.86. The minimum atomic E-state index is -0.477. The number of ether oxygens (including phenoxy) is 2. The third-order valence-corrected chi connectivity index (χ3v) is 14.4. The lowest BCUT2D eigenvalue weighted by molar-refractivity contribution is -0.123. The number of hydrogen-bond acceptors (Lipinski definition) is 9. The highest BCUT2D eigenvalue weighted by Gasteiger charge is 2.19. The summed E-state index contributed by atoms with van der Waals surface area (Å²) >= 11 is 1.81. The van der Waals surface area contributed by atoms with Gasteiger partial charge < -0.3 is 33.8 Å². The normalized spacial score (nSPS) is 13.4. The molecule has 68 heavy (non-hydrogen) atoms. The molecule has 11 nitrogen and oxygen atoms in total. The number of aryl methyl sites for hydroxylation is 6. The van der Waals surface area contributed by atoms with E-state index in [0.29, 0.717) is 19.4 Å². The van der Waals surface area contributed by atoms with Crippen LogP contribution in [0.25, 0.3) is 54.4 Å². The molecule has 0 unspecified atom stereocenters. The van der Waals surface area contributed by atoms with E-state index in [-0.39, 0.29) is 18.3 Å². The molecule has 1 fully saturated rings. The average molecular weight is 938 g/mol. The van der Waals surface area contributed by atoms with Crippen molar-refractivity contribution in [2.24, 2.45) is 0 Å². The van der Waals surface area contributed by atoms with E-state index in [9.17, 15) is 4.79 Å². The molecule has 0 radical (unpaired) electrons. The quantitative estimate of drug-likeness (QED) is 0.0647. The van der Waals surface area contributed by atoms with Crippen LogP contribution in [0.1, 0.15) is 73.0 Å². The SMILES string of the molecule is CCn1c2ccc(CNCCCCCCCNC(=O)COc3ccc(CCc4nc5cc(-c6c(C)noc6C)ccc5n4CCN4CCOCC4)cc3F)cc2c2ccc(-c3cc(C)cs3)cc21. The molecule has 0 aliphatic carbocycles. The molecule has 5 heterocycles. The first-order valence-corrected chi connectivity index (χ1v) is 25.3. The second kappa shape index (κ2) is 22.1. The lowest BCUT2D eigenvalue weighted by atomic mass is 10.0. The van der Waals surface area contributed by atoms with Gasteiger partial charge in [0.25, 0.3) is 5.91 Å². The maximum absolute atomic E-state index is 15.3. The van der Waals surface area contributed by atoms with Crippen LogP contribution in [-0.4, -0.2) is 82.6 Å². The largest absolute Gasteiger partial charge is 0.481 e. The summed E-state index contributed by atoms with van der Waals surface area (Å²) in [5.41, 5.74) is 12.2. The predicted molar refractivity (Wildman–Crippen MR) is 272 cm³/mol. The summed E-state index contributed by atoms with van der Waals surface area (Å²) in [6, 6.07) is 27.4. The Labute approximate surface area is 402 Å². The lowest BCUT2D eigenvalue weighted by Gasteiger charge is -2.27. The fourth-order valence-electron chi connectivity index (χ4n) is 9.70. The third kappa shape index (κ3) is 11.0. The number of aromatic nitrogens is 4. The molecule has 1 aliphatic heterocycles. The number of thiophene rings is 1. The first-order valence-electron chi connectivity index (χ1n) is 24.4. The molecule has 9 rings (SSSR count). The number of amides is 1. The summed E-state index contributed by atoms with van der Waals surface area (Å²) in [4.78, 5) is 21.4. The number of nitrogens with one attached hydrogen (secondary N) is 2. The third-order valence-electron chi connectivity index (χ3n) is 13.3. The van der Waals surface area contributed by atoms with Gasteiger partial charge in [0.15, 0.2) is 18.2 Å². The van der Waals surface area contributed by atoms with Gasteiger partial charge in [0, 0.05) is 84.5 Å². The first kappa shape index (κ1) is 47.2. The van der Waals surface area contributed by atoms with Gasteiger partial charge in [-0.3, -0.25) is 9.69 Å². The number of benzene rings is 4. The van der Waals surface area contributed by atoms with Crippen molar-refractivity contribution in [1.82, 2.24) is 34.8 Å².